The molecule has 0 radical (unpaired) electrons. The molecule has 7 heteroatoms. The van der Waals surface area contributed by atoms with Crippen molar-refractivity contribution in [1.29, 1.82) is 0 Å². The van der Waals surface area contributed by atoms with Crippen molar-refractivity contribution < 1.29 is 9.32 Å². The fourth-order valence-corrected chi connectivity index (χ4v) is 1.88. The maximum Gasteiger partial charge on any atom is 0.317 e. The van der Waals surface area contributed by atoms with E-state index in [4.69, 9.17) is 4.52 Å². The van der Waals surface area contributed by atoms with E-state index in [1.54, 1.807) is 24.5 Å². The first-order valence-electron chi connectivity index (χ1n) is 6.44. The van der Waals surface area contributed by atoms with E-state index in [1.165, 1.54) is 0 Å². The van der Waals surface area contributed by atoms with E-state index >= 15 is 0 Å². The lowest BCUT2D eigenvalue weighted by Crippen LogP contribution is -2.43. The van der Waals surface area contributed by atoms with Crippen LogP contribution in [0.25, 0.3) is 0 Å². The van der Waals surface area contributed by atoms with Crippen LogP contribution in [0.1, 0.15) is 18.4 Å². The maximum absolute atomic E-state index is 12.0. The highest BCUT2D eigenvalue weighted by molar-refractivity contribution is 5.74. The summed E-state index contributed by atoms with van der Waals surface area (Å²) in [7, 11) is 1.73. The van der Waals surface area contributed by atoms with Gasteiger partial charge in [-0.25, -0.2) is 9.78 Å². The van der Waals surface area contributed by atoms with E-state index in [2.05, 4.69) is 15.5 Å². The second kappa shape index (κ2) is 6.23. The van der Waals surface area contributed by atoms with Gasteiger partial charge in [0.1, 0.15) is 11.5 Å². The lowest BCUT2D eigenvalue weighted by atomic mass is 10.3. The Bertz CT molecular complexity index is 549. The van der Waals surface area contributed by atoms with Crippen LogP contribution in [0.4, 0.5) is 4.79 Å². The molecule has 2 aromatic heterocycles. The molecule has 0 spiro atoms. The van der Waals surface area contributed by atoms with Crippen molar-refractivity contribution in [3.05, 3.63) is 36.2 Å². The fraction of sp³-hybridized carbons (Fsp3) is 0.462. The Morgan fingerprint density at radius 1 is 1.60 bits per heavy atom. The number of hydrogen-bond donors (Lipinski definition) is 1. The normalized spacial score (nSPS) is 12.2. The van der Waals surface area contributed by atoms with Crippen molar-refractivity contribution >= 4 is 6.03 Å². The first-order chi connectivity index (χ1) is 9.54. The summed E-state index contributed by atoms with van der Waals surface area (Å²) in [6.45, 7) is 4.87. The molecule has 7 nitrogen and oxygen atoms in total. The minimum atomic E-state index is -0.140. The molecule has 0 saturated heterocycles. The van der Waals surface area contributed by atoms with Gasteiger partial charge >= 0.3 is 6.03 Å². The van der Waals surface area contributed by atoms with Gasteiger partial charge in [-0.15, -0.1) is 0 Å². The third-order valence-electron chi connectivity index (χ3n) is 2.84. The first kappa shape index (κ1) is 14.1. The van der Waals surface area contributed by atoms with E-state index < -0.39 is 0 Å². The Morgan fingerprint density at radius 3 is 3.00 bits per heavy atom. The molecule has 1 N–H and O–H groups in total. The minimum absolute atomic E-state index is 0.0122. The number of amides is 2. The van der Waals surface area contributed by atoms with Crippen molar-refractivity contribution in [2.45, 2.75) is 33.0 Å². The van der Waals surface area contributed by atoms with Gasteiger partial charge in [0, 0.05) is 38.1 Å². The summed E-state index contributed by atoms with van der Waals surface area (Å²) >= 11 is 0. The van der Waals surface area contributed by atoms with Crippen molar-refractivity contribution in [1.82, 2.24) is 24.9 Å². The van der Waals surface area contributed by atoms with Crippen LogP contribution in [0, 0.1) is 6.92 Å². The van der Waals surface area contributed by atoms with Crippen LogP contribution >= 0.6 is 0 Å². The van der Waals surface area contributed by atoms with Gasteiger partial charge in [-0.2, -0.15) is 0 Å². The maximum atomic E-state index is 12.0. The van der Waals surface area contributed by atoms with Crippen LogP contribution in [0.5, 0.6) is 0 Å². The van der Waals surface area contributed by atoms with Crippen LogP contribution in [0.3, 0.4) is 0 Å². The van der Waals surface area contributed by atoms with Gasteiger partial charge < -0.3 is 19.3 Å². The quantitative estimate of drug-likeness (QED) is 0.896. The van der Waals surface area contributed by atoms with E-state index in [1.807, 2.05) is 30.7 Å². The van der Waals surface area contributed by atoms with Gasteiger partial charge in [-0.1, -0.05) is 5.16 Å². The Kier molecular flexibility index (Phi) is 4.39. The molecule has 0 saturated carbocycles. The van der Waals surface area contributed by atoms with Crippen molar-refractivity contribution in [2.75, 3.05) is 7.05 Å². The molecule has 1 atom stereocenters. The average molecular weight is 277 g/mol. The van der Waals surface area contributed by atoms with Crippen LogP contribution in [0.2, 0.25) is 0 Å². The van der Waals surface area contributed by atoms with Crippen LogP contribution in [-0.2, 0) is 13.1 Å². The van der Waals surface area contributed by atoms with Gasteiger partial charge in [0.25, 0.3) is 0 Å². The van der Waals surface area contributed by atoms with Crippen LogP contribution in [0.15, 0.2) is 29.3 Å². The molecule has 0 aromatic carbocycles. The molecule has 2 aromatic rings. The number of aryl methyl sites for hydroxylation is 1. The van der Waals surface area contributed by atoms with E-state index in [0.717, 1.165) is 11.5 Å². The topological polar surface area (TPSA) is 76.2 Å². The predicted molar refractivity (Wildman–Crippen MR) is 72.9 cm³/mol. The van der Waals surface area contributed by atoms with Gasteiger partial charge in [-0.05, 0) is 13.8 Å². The third kappa shape index (κ3) is 3.84. The molecular formula is C13H19N5O2. The van der Waals surface area contributed by atoms with E-state index in [-0.39, 0.29) is 12.1 Å². The van der Waals surface area contributed by atoms with Gasteiger partial charge in [0.05, 0.1) is 12.9 Å². The molecule has 0 aliphatic carbocycles. The molecule has 0 aliphatic heterocycles. The number of carbonyl (C=O) groups is 1. The van der Waals surface area contributed by atoms with Crippen molar-refractivity contribution in [3.63, 3.8) is 0 Å². The van der Waals surface area contributed by atoms with Gasteiger partial charge in [-0.3, -0.25) is 0 Å². The molecule has 0 aliphatic rings. The summed E-state index contributed by atoms with van der Waals surface area (Å²) in [6, 6.07) is 1.69. The summed E-state index contributed by atoms with van der Waals surface area (Å²) in [5, 5.41) is 6.79. The summed E-state index contributed by atoms with van der Waals surface area (Å²) < 4.78 is 6.90. The summed E-state index contributed by atoms with van der Waals surface area (Å²) in [4.78, 5) is 17.6. The average Bonchev–Trinajstić information content (AvgIpc) is 3.01. The molecule has 0 unspecified atom stereocenters. The van der Waals surface area contributed by atoms with Crippen LogP contribution in [-0.4, -0.2) is 38.7 Å². The molecule has 2 amide bonds. The van der Waals surface area contributed by atoms with Crippen molar-refractivity contribution in [2.24, 2.45) is 0 Å². The van der Waals surface area contributed by atoms with Crippen molar-refractivity contribution in [3.8, 4) is 0 Å². The number of imidazole rings is 1. The monoisotopic (exact) mass is 277 g/mol. The number of urea groups is 1. The smallest absolute Gasteiger partial charge is 0.317 e. The SMILES string of the molecule is Cc1cc(CN(C)C(=O)N[C@H](C)Cn2ccnc2)no1. The second-order valence-electron chi connectivity index (χ2n) is 4.89. The summed E-state index contributed by atoms with van der Waals surface area (Å²) in [6.07, 6.45) is 5.31. The molecule has 20 heavy (non-hydrogen) atoms. The van der Waals surface area contributed by atoms with Gasteiger partial charge in [0.2, 0.25) is 0 Å². The summed E-state index contributed by atoms with van der Waals surface area (Å²) in [5.41, 5.74) is 0.738. The Hall–Kier alpha value is -2.31. The molecule has 108 valence electrons. The zero-order valence-corrected chi connectivity index (χ0v) is 11.9. The predicted octanol–water partition coefficient (Wildman–Crippen LogP) is 1.41. The number of hydrogen-bond acceptors (Lipinski definition) is 4. The Labute approximate surface area is 117 Å². The second-order valence-corrected chi connectivity index (χ2v) is 4.89. The molecule has 0 bridgehead atoms. The number of aromatic nitrogens is 3. The largest absolute Gasteiger partial charge is 0.361 e. The molecule has 2 heterocycles. The third-order valence-corrected chi connectivity index (χ3v) is 2.84. The number of rotatable bonds is 5. The van der Waals surface area contributed by atoms with Gasteiger partial charge in [0.15, 0.2) is 0 Å². The fourth-order valence-electron chi connectivity index (χ4n) is 1.88. The first-order valence-corrected chi connectivity index (χ1v) is 6.44. The standard InChI is InChI=1S/C13H19N5O2/c1-10(7-18-5-4-14-9-18)15-13(19)17(3)8-12-6-11(2)20-16-12/h4-6,9-10H,7-8H2,1-3H3,(H,15,19)/t10-/m1/s1. The zero-order valence-electron chi connectivity index (χ0n) is 11.9. The highest BCUT2D eigenvalue weighted by atomic mass is 16.5. The lowest BCUT2D eigenvalue weighted by Gasteiger charge is -2.20. The molecule has 0 fully saturated rings. The number of nitrogens with one attached hydrogen (secondary N) is 1. The lowest BCUT2D eigenvalue weighted by molar-refractivity contribution is 0.201. The number of nitrogens with zero attached hydrogens (tertiary/aromatic N) is 4. The van der Waals surface area contributed by atoms with E-state index in [9.17, 15) is 4.79 Å². The molecule has 2 rings (SSSR count). The zero-order chi connectivity index (χ0) is 14.5. The highest BCUT2D eigenvalue weighted by Crippen LogP contribution is 2.04. The highest BCUT2D eigenvalue weighted by Gasteiger charge is 2.14. The Balaban J connectivity index is 1.81. The number of carbonyl (C=O) groups excluding carboxylic acids is 1. The molecular weight excluding hydrogens is 258 g/mol. The minimum Gasteiger partial charge on any atom is -0.361 e. The van der Waals surface area contributed by atoms with Crippen LogP contribution < -0.4 is 5.32 Å². The summed E-state index contributed by atoms with van der Waals surface area (Å²) in [5.74, 6) is 0.738. The Morgan fingerprint density at radius 2 is 2.40 bits per heavy atom. The van der Waals surface area contributed by atoms with E-state index in [0.29, 0.717) is 13.1 Å².